The fourth-order valence-corrected chi connectivity index (χ4v) is 0.321. The fourth-order valence-electron chi connectivity index (χ4n) is 0.321. The summed E-state index contributed by atoms with van der Waals surface area (Å²) >= 11 is 0. The molecule has 0 aromatic rings. The Kier molecular flexibility index (Phi) is 2.63. The average Bonchev–Trinajstić information content (AvgIpc) is 1.69. The second-order valence-electron chi connectivity index (χ2n) is 1.39. The third-order valence-corrected chi connectivity index (χ3v) is 0.828. The fraction of sp³-hybridized carbons (Fsp3) is 0.600. The van der Waals surface area contributed by atoms with Gasteiger partial charge in [0, 0.05) is 6.42 Å². The minimum Gasteiger partial charge on any atom is -0.476 e. The molecule has 0 fully saturated rings. The van der Waals surface area contributed by atoms with Crippen molar-refractivity contribution in [3.8, 4) is 0 Å². The largest absolute Gasteiger partial charge is 0.476 e. The number of carboxylic acid groups (broad SMARTS) is 1. The van der Waals surface area contributed by atoms with Crippen molar-refractivity contribution in [2.75, 3.05) is 0 Å². The Balaban J connectivity index is 3.76. The van der Waals surface area contributed by atoms with Gasteiger partial charge in [0.15, 0.2) is 0 Å². The van der Waals surface area contributed by atoms with Gasteiger partial charge in [-0.25, -0.2) is 11.4 Å². The molecule has 0 saturated carbocycles. The lowest BCUT2D eigenvalue weighted by atomic mass is 10.2. The molecule has 1 atom stereocenters. The molecule has 0 aliphatic heterocycles. The Bertz CT molecular complexity index is 125. The Hall–Kier alpha value is -1.04. The Morgan fingerprint density at radius 1 is 2.00 bits per heavy atom. The van der Waals surface area contributed by atoms with Gasteiger partial charge in [-0.3, -0.25) is 0 Å². The van der Waals surface area contributed by atoms with E-state index in [-0.39, 0.29) is 0 Å². The van der Waals surface area contributed by atoms with E-state index in [1.54, 1.807) is 6.92 Å². The van der Waals surface area contributed by atoms with Crippen LogP contribution >= 0.6 is 0 Å². The SMILES string of the molecule is [C-]#[N+][C@@H](CC)C(=O)O. The molecule has 1 N–H and O–H groups in total. The smallest absolute Gasteiger partial charge is 0.387 e. The van der Waals surface area contributed by atoms with Crippen molar-refractivity contribution in [3.05, 3.63) is 11.4 Å². The number of nitrogens with zero attached hydrogens (tertiary/aromatic N) is 1. The summed E-state index contributed by atoms with van der Waals surface area (Å²) in [5.74, 6) is -1.03. The Morgan fingerprint density at radius 2 is 2.50 bits per heavy atom. The number of hydrogen-bond donors (Lipinski definition) is 1. The number of carboxylic acids is 1. The highest BCUT2D eigenvalue weighted by Crippen LogP contribution is 1.94. The minimum atomic E-state index is -1.03. The van der Waals surface area contributed by atoms with Crippen LogP contribution in [0.5, 0.6) is 0 Å². The Labute approximate surface area is 47.8 Å². The molecular weight excluding hydrogens is 106 g/mol. The third-order valence-electron chi connectivity index (χ3n) is 0.828. The van der Waals surface area contributed by atoms with Gasteiger partial charge in [-0.1, -0.05) is 6.92 Å². The molecule has 0 unspecified atom stereocenters. The van der Waals surface area contributed by atoms with Gasteiger partial charge < -0.3 is 9.95 Å². The number of hydrogen-bond acceptors (Lipinski definition) is 1. The normalized spacial score (nSPS) is 12.0. The first-order valence-corrected chi connectivity index (χ1v) is 2.31. The van der Waals surface area contributed by atoms with Gasteiger partial charge in [-0.15, -0.1) is 0 Å². The van der Waals surface area contributed by atoms with Crippen LogP contribution in [0.1, 0.15) is 13.3 Å². The van der Waals surface area contributed by atoms with Crippen molar-refractivity contribution in [2.45, 2.75) is 19.4 Å². The minimum absolute atomic E-state index is 0.388. The van der Waals surface area contributed by atoms with E-state index < -0.39 is 12.0 Å². The lowest BCUT2D eigenvalue weighted by molar-refractivity contribution is -0.137. The number of aliphatic carboxylic acids is 1. The predicted molar refractivity (Wildman–Crippen MR) is 28.3 cm³/mol. The highest BCUT2D eigenvalue weighted by molar-refractivity contribution is 5.75. The van der Waals surface area contributed by atoms with E-state index in [2.05, 4.69) is 4.85 Å². The van der Waals surface area contributed by atoms with Crippen molar-refractivity contribution in [3.63, 3.8) is 0 Å². The van der Waals surface area contributed by atoms with Crippen LogP contribution in [0.4, 0.5) is 0 Å². The first-order chi connectivity index (χ1) is 3.72. The molecule has 3 nitrogen and oxygen atoms in total. The molecule has 0 aromatic carbocycles. The maximum absolute atomic E-state index is 9.95. The molecule has 3 heteroatoms. The zero-order valence-electron chi connectivity index (χ0n) is 4.59. The third kappa shape index (κ3) is 1.61. The summed E-state index contributed by atoms with van der Waals surface area (Å²) < 4.78 is 0. The summed E-state index contributed by atoms with van der Waals surface area (Å²) in [5, 5.41) is 8.16. The molecule has 0 radical (unpaired) electrons. The van der Waals surface area contributed by atoms with Crippen LogP contribution in [-0.4, -0.2) is 17.1 Å². The highest BCUT2D eigenvalue weighted by atomic mass is 16.4. The van der Waals surface area contributed by atoms with Gasteiger partial charge in [-0.05, 0) is 0 Å². The van der Waals surface area contributed by atoms with E-state index in [4.69, 9.17) is 11.7 Å². The van der Waals surface area contributed by atoms with Gasteiger partial charge in [0.05, 0.1) is 0 Å². The molecule has 0 bridgehead atoms. The summed E-state index contributed by atoms with van der Waals surface area (Å²) in [7, 11) is 0. The summed E-state index contributed by atoms with van der Waals surface area (Å²) in [6.45, 7) is 8.01. The van der Waals surface area contributed by atoms with Crippen LogP contribution in [0.15, 0.2) is 0 Å². The van der Waals surface area contributed by atoms with Gasteiger partial charge >= 0.3 is 12.0 Å². The van der Waals surface area contributed by atoms with Gasteiger partial charge in [0.1, 0.15) is 0 Å². The molecular formula is C5H7NO2. The molecule has 0 saturated heterocycles. The molecule has 44 valence electrons. The standard InChI is InChI=1S/C5H7NO2/c1-3-4(6-2)5(7)8/h4H,3H2,1H3,(H,7,8)/t4-/m0/s1. The van der Waals surface area contributed by atoms with Crippen LogP contribution in [0.3, 0.4) is 0 Å². The number of rotatable bonds is 2. The van der Waals surface area contributed by atoms with Crippen LogP contribution in [0.25, 0.3) is 4.85 Å². The molecule has 0 aromatic heterocycles. The van der Waals surface area contributed by atoms with Gasteiger partial charge in [0.25, 0.3) is 0 Å². The van der Waals surface area contributed by atoms with E-state index in [1.165, 1.54) is 0 Å². The zero-order chi connectivity index (χ0) is 6.57. The van der Waals surface area contributed by atoms with Crippen LogP contribution in [-0.2, 0) is 4.79 Å². The second kappa shape index (κ2) is 3.03. The Morgan fingerprint density at radius 3 is 2.50 bits per heavy atom. The van der Waals surface area contributed by atoms with Crippen molar-refractivity contribution < 1.29 is 9.90 Å². The summed E-state index contributed by atoms with van der Waals surface area (Å²) in [6.07, 6.45) is 0.388. The van der Waals surface area contributed by atoms with Crippen LogP contribution < -0.4 is 0 Å². The van der Waals surface area contributed by atoms with E-state index in [9.17, 15) is 4.79 Å². The molecule has 0 aliphatic rings. The van der Waals surface area contributed by atoms with Crippen LogP contribution in [0.2, 0.25) is 0 Å². The lowest BCUT2D eigenvalue weighted by Gasteiger charge is -1.90. The quantitative estimate of drug-likeness (QED) is 0.537. The molecule has 0 aliphatic carbocycles. The van der Waals surface area contributed by atoms with Gasteiger partial charge in [-0.2, -0.15) is 0 Å². The molecule has 0 spiro atoms. The second-order valence-corrected chi connectivity index (χ2v) is 1.39. The van der Waals surface area contributed by atoms with Crippen molar-refractivity contribution in [2.24, 2.45) is 0 Å². The van der Waals surface area contributed by atoms with E-state index in [0.29, 0.717) is 6.42 Å². The van der Waals surface area contributed by atoms with E-state index in [0.717, 1.165) is 0 Å². The van der Waals surface area contributed by atoms with E-state index in [1.807, 2.05) is 0 Å². The molecule has 0 heterocycles. The first kappa shape index (κ1) is 6.96. The summed E-state index contributed by atoms with van der Waals surface area (Å²) in [5.41, 5.74) is 0. The average molecular weight is 113 g/mol. The van der Waals surface area contributed by atoms with E-state index >= 15 is 0 Å². The van der Waals surface area contributed by atoms with Crippen LogP contribution in [0, 0.1) is 6.57 Å². The molecule has 0 amide bonds. The van der Waals surface area contributed by atoms with Crippen molar-refractivity contribution in [1.82, 2.24) is 0 Å². The highest BCUT2D eigenvalue weighted by Gasteiger charge is 2.17. The van der Waals surface area contributed by atoms with Crippen molar-refractivity contribution in [1.29, 1.82) is 0 Å². The summed E-state index contributed by atoms with van der Waals surface area (Å²) in [4.78, 5) is 12.8. The molecule has 0 rings (SSSR count). The first-order valence-electron chi connectivity index (χ1n) is 2.31. The van der Waals surface area contributed by atoms with Gasteiger partial charge in [0.2, 0.25) is 0 Å². The summed E-state index contributed by atoms with van der Waals surface area (Å²) in [6, 6.07) is -0.838. The van der Waals surface area contributed by atoms with Crippen molar-refractivity contribution >= 4 is 5.97 Å². The predicted octanol–water partition coefficient (Wildman–Crippen LogP) is 0.769. The maximum atomic E-state index is 9.95. The topological polar surface area (TPSA) is 41.7 Å². The zero-order valence-corrected chi connectivity index (χ0v) is 4.59. The number of carbonyl (C=O) groups is 1. The lowest BCUT2D eigenvalue weighted by Crippen LogP contribution is -2.13. The molecule has 8 heavy (non-hydrogen) atoms. The monoisotopic (exact) mass is 113 g/mol. The maximum Gasteiger partial charge on any atom is 0.387 e.